The summed E-state index contributed by atoms with van der Waals surface area (Å²) in [5.41, 5.74) is 2.55. The van der Waals surface area contributed by atoms with Gasteiger partial charge < -0.3 is 29.7 Å². The van der Waals surface area contributed by atoms with Crippen molar-refractivity contribution in [3.05, 3.63) is 101 Å². The average Bonchev–Trinajstić information content (AvgIpc) is 3.62. The van der Waals surface area contributed by atoms with Gasteiger partial charge in [-0.3, -0.25) is 4.98 Å². The van der Waals surface area contributed by atoms with E-state index in [0.717, 1.165) is 49.1 Å². The first kappa shape index (κ1) is 28.7. The molecule has 2 aliphatic rings. The molecule has 2 aromatic carbocycles. The first-order chi connectivity index (χ1) is 20.7. The summed E-state index contributed by atoms with van der Waals surface area (Å²) in [6, 6.07) is 18.1. The number of anilines is 2. The summed E-state index contributed by atoms with van der Waals surface area (Å²) >= 11 is 12.7. The minimum atomic E-state index is -1.23. The topological polar surface area (TPSA) is 119 Å². The van der Waals surface area contributed by atoms with Gasteiger partial charge in [0, 0.05) is 30.5 Å². The van der Waals surface area contributed by atoms with Crippen LogP contribution in [0, 0.1) is 5.92 Å². The Morgan fingerprint density at radius 1 is 1.00 bits per heavy atom. The van der Waals surface area contributed by atoms with Crippen molar-refractivity contribution in [2.45, 2.75) is 31.8 Å². The van der Waals surface area contributed by atoms with Crippen LogP contribution in [0.2, 0.25) is 5.02 Å². The highest BCUT2D eigenvalue weighted by Gasteiger charge is 2.43. The highest BCUT2D eigenvalue weighted by atomic mass is 35.5. The molecule has 0 bridgehead atoms. The monoisotopic (exact) mass is 616 g/mol. The lowest BCUT2D eigenvalue weighted by atomic mass is 9.98. The van der Waals surface area contributed by atoms with E-state index >= 15 is 0 Å². The summed E-state index contributed by atoms with van der Waals surface area (Å²) in [7, 11) is 0. The first-order valence-corrected chi connectivity index (χ1v) is 14.7. The normalized spacial score (nSPS) is 19.0. The molecule has 220 valence electrons. The van der Waals surface area contributed by atoms with Gasteiger partial charge in [0.1, 0.15) is 17.6 Å². The zero-order valence-electron chi connectivity index (χ0n) is 23.2. The molecule has 9 nitrogen and oxygen atoms in total. The zero-order chi connectivity index (χ0) is 30.2. The van der Waals surface area contributed by atoms with Crippen molar-refractivity contribution in [2.24, 2.45) is 5.92 Å². The number of hydrogen-bond donors (Lipinski definition) is 3. The van der Waals surface area contributed by atoms with Crippen molar-refractivity contribution in [1.29, 1.82) is 0 Å². The second-order valence-corrected chi connectivity index (χ2v) is 11.7. The predicted octanol–water partition coefficient (Wildman–Crippen LogP) is 6.80. The Bertz CT molecular complexity index is 1670. The number of pyridine rings is 1. The number of piperidine rings is 1. The highest BCUT2D eigenvalue weighted by Crippen LogP contribution is 2.44. The summed E-state index contributed by atoms with van der Waals surface area (Å²) in [4.78, 5) is 32.2. The maximum Gasteiger partial charge on any atom is 0.335 e. The fourth-order valence-corrected chi connectivity index (χ4v) is 6.40. The molecular formula is C32H29ClN4O5S. The van der Waals surface area contributed by atoms with E-state index in [2.05, 4.69) is 22.1 Å². The quantitative estimate of drug-likeness (QED) is 0.191. The summed E-state index contributed by atoms with van der Waals surface area (Å²) in [5.74, 6) is -0.914. The van der Waals surface area contributed by atoms with Crippen molar-refractivity contribution in [3.8, 4) is 11.3 Å². The Hall–Kier alpha value is -4.41. The van der Waals surface area contributed by atoms with Crippen LogP contribution in [0.15, 0.2) is 77.3 Å². The molecule has 0 amide bonds. The number of benzene rings is 2. The summed E-state index contributed by atoms with van der Waals surface area (Å²) in [6.07, 6.45) is 3.95. The van der Waals surface area contributed by atoms with Crippen LogP contribution < -0.4 is 15.1 Å². The SMILES string of the molecule is CC1CCN(c2ccc(N3C(=S)N[C@H](c4ccccn4)[C@H]3c3ccc(-c4cc(C(=O)O)cc(C(=O)O)c4)o3)cc2Cl)CC1. The molecule has 2 aliphatic heterocycles. The fraction of sp³-hybridized carbons (Fsp3) is 0.250. The molecule has 2 atom stereocenters. The van der Waals surface area contributed by atoms with E-state index < -0.39 is 18.0 Å². The molecule has 2 aromatic heterocycles. The van der Waals surface area contributed by atoms with E-state index in [4.69, 9.17) is 28.2 Å². The second kappa shape index (κ2) is 11.7. The Morgan fingerprint density at radius 3 is 2.35 bits per heavy atom. The van der Waals surface area contributed by atoms with Crippen LogP contribution in [0.1, 0.15) is 64.0 Å². The van der Waals surface area contributed by atoms with Crippen LogP contribution in [0.4, 0.5) is 11.4 Å². The fourth-order valence-electron chi connectivity index (χ4n) is 5.76. The molecule has 4 aromatic rings. The van der Waals surface area contributed by atoms with Gasteiger partial charge in [-0.1, -0.05) is 24.6 Å². The lowest BCUT2D eigenvalue weighted by Gasteiger charge is -2.33. The maximum atomic E-state index is 11.7. The van der Waals surface area contributed by atoms with E-state index in [1.807, 2.05) is 41.3 Å². The lowest BCUT2D eigenvalue weighted by molar-refractivity contribution is 0.0696. The van der Waals surface area contributed by atoms with E-state index in [0.29, 0.717) is 33.1 Å². The van der Waals surface area contributed by atoms with Crippen LogP contribution >= 0.6 is 23.8 Å². The number of hydrogen-bond acceptors (Lipinski definition) is 6. The standard InChI is InChI=1S/C32H29ClN4O5S/c1-18-9-12-36(13-10-18)25-6-5-22(17-23(25)33)37-29(28(35-32(37)43)24-4-2-3-11-34-24)27-8-7-26(42-27)19-14-20(30(38)39)16-21(15-19)31(40)41/h2-8,11,14-18,28-29H,9-10,12-13H2,1H3,(H,35,43)(H,38,39)(H,40,41)/t28-,29-/m1/s1. The molecule has 2 fully saturated rings. The van der Waals surface area contributed by atoms with Gasteiger partial charge >= 0.3 is 11.9 Å². The van der Waals surface area contributed by atoms with Crippen LogP contribution in [0.3, 0.4) is 0 Å². The summed E-state index contributed by atoms with van der Waals surface area (Å²) in [5, 5.41) is 23.6. The van der Waals surface area contributed by atoms with E-state index in [9.17, 15) is 19.8 Å². The molecule has 43 heavy (non-hydrogen) atoms. The number of furan rings is 1. The highest BCUT2D eigenvalue weighted by molar-refractivity contribution is 7.80. The molecule has 0 spiro atoms. The number of aromatic nitrogens is 1. The number of nitrogens with one attached hydrogen (secondary N) is 1. The van der Waals surface area contributed by atoms with Crippen molar-refractivity contribution >= 4 is 52.2 Å². The average molecular weight is 617 g/mol. The Balaban J connectivity index is 1.40. The molecule has 11 heteroatoms. The van der Waals surface area contributed by atoms with E-state index in [-0.39, 0.29) is 17.2 Å². The maximum absolute atomic E-state index is 11.7. The predicted molar refractivity (Wildman–Crippen MR) is 168 cm³/mol. The van der Waals surface area contributed by atoms with Crippen molar-refractivity contribution in [2.75, 3.05) is 22.9 Å². The minimum Gasteiger partial charge on any atom is -0.478 e. The Morgan fingerprint density at radius 2 is 1.72 bits per heavy atom. The zero-order valence-corrected chi connectivity index (χ0v) is 24.8. The number of halogens is 1. The van der Waals surface area contributed by atoms with Gasteiger partial charge in [0.2, 0.25) is 0 Å². The molecular weight excluding hydrogens is 588 g/mol. The third-order valence-electron chi connectivity index (χ3n) is 8.06. The third-order valence-corrected chi connectivity index (χ3v) is 8.68. The van der Waals surface area contributed by atoms with Gasteiger partial charge in [0.05, 0.1) is 33.6 Å². The Kier molecular flexibility index (Phi) is 7.81. The summed E-state index contributed by atoms with van der Waals surface area (Å²) in [6.45, 7) is 4.18. The van der Waals surface area contributed by atoms with Gasteiger partial charge in [0.25, 0.3) is 0 Å². The smallest absolute Gasteiger partial charge is 0.335 e. The van der Waals surface area contributed by atoms with Gasteiger partial charge in [-0.25, -0.2) is 9.59 Å². The van der Waals surface area contributed by atoms with Crippen LogP contribution in [-0.2, 0) is 0 Å². The van der Waals surface area contributed by atoms with E-state index in [1.54, 1.807) is 18.3 Å². The number of nitrogens with zero attached hydrogens (tertiary/aromatic N) is 3. The number of carboxylic acids is 2. The molecule has 0 saturated carbocycles. The van der Waals surface area contributed by atoms with Gasteiger partial charge in [0.15, 0.2) is 5.11 Å². The van der Waals surface area contributed by atoms with Crippen molar-refractivity contribution in [3.63, 3.8) is 0 Å². The van der Waals surface area contributed by atoms with Crippen molar-refractivity contribution in [1.82, 2.24) is 10.3 Å². The first-order valence-electron chi connectivity index (χ1n) is 14.0. The number of thiocarbonyl (C=S) groups is 1. The molecule has 2 saturated heterocycles. The number of carbonyl (C=O) groups is 2. The number of rotatable bonds is 7. The number of aromatic carboxylic acids is 2. The molecule has 6 rings (SSSR count). The number of carboxylic acid groups (broad SMARTS) is 2. The van der Waals surface area contributed by atoms with Gasteiger partial charge in [-0.05, 0) is 91.6 Å². The molecule has 0 radical (unpaired) electrons. The molecule has 4 heterocycles. The van der Waals surface area contributed by atoms with Crippen LogP contribution in [-0.4, -0.2) is 45.3 Å². The van der Waals surface area contributed by atoms with Gasteiger partial charge in [-0.15, -0.1) is 0 Å². The van der Waals surface area contributed by atoms with Crippen LogP contribution in [0.25, 0.3) is 11.3 Å². The largest absolute Gasteiger partial charge is 0.478 e. The molecule has 3 N–H and O–H groups in total. The minimum absolute atomic E-state index is 0.151. The van der Waals surface area contributed by atoms with E-state index in [1.165, 1.54) is 12.1 Å². The van der Waals surface area contributed by atoms with Crippen molar-refractivity contribution < 1.29 is 24.2 Å². The molecule has 0 unspecified atom stereocenters. The summed E-state index contributed by atoms with van der Waals surface area (Å²) < 4.78 is 6.34. The molecule has 0 aliphatic carbocycles. The lowest BCUT2D eigenvalue weighted by Crippen LogP contribution is -2.33. The third kappa shape index (κ3) is 5.68. The Labute approximate surface area is 258 Å². The van der Waals surface area contributed by atoms with Gasteiger partial charge in [-0.2, -0.15) is 0 Å². The second-order valence-electron chi connectivity index (χ2n) is 10.9. The van der Waals surface area contributed by atoms with Crippen LogP contribution in [0.5, 0.6) is 0 Å².